The number of nitrogens with zero attached hydrogens (tertiary/aromatic N) is 2. The predicted molar refractivity (Wildman–Crippen MR) is 181 cm³/mol. The van der Waals surface area contributed by atoms with Gasteiger partial charge in [-0.05, 0) is 61.7 Å². The summed E-state index contributed by atoms with van der Waals surface area (Å²) in [7, 11) is -4.27. The third-order valence-corrected chi connectivity index (χ3v) is 9.72. The van der Waals surface area contributed by atoms with Gasteiger partial charge in [0.15, 0.2) is 0 Å². The van der Waals surface area contributed by atoms with Crippen LogP contribution >= 0.6 is 23.2 Å². The van der Waals surface area contributed by atoms with Crippen LogP contribution in [0.1, 0.15) is 37.0 Å². The van der Waals surface area contributed by atoms with Gasteiger partial charge in [0.05, 0.1) is 10.6 Å². The van der Waals surface area contributed by atoms with Gasteiger partial charge in [-0.25, -0.2) is 8.42 Å². The van der Waals surface area contributed by atoms with Gasteiger partial charge in [-0.15, -0.1) is 0 Å². The topological polar surface area (TPSA) is 86.8 Å². The first-order chi connectivity index (χ1) is 21.5. The van der Waals surface area contributed by atoms with Gasteiger partial charge in [0.25, 0.3) is 10.0 Å². The van der Waals surface area contributed by atoms with Crippen LogP contribution in [0.2, 0.25) is 10.0 Å². The van der Waals surface area contributed by atoms with Crippen LogP contribution in [0, 0.1) is 6.92 Å². The maximum absolute atomic E-state index is 14.5. The van der Waals surface area contributed by atoms with Crippen molar-refractivity contribution in [3.63, 3.8) is 0 Å². The van der Waals surface area contributed by atoms with Crippen LogP contribution < -0.4 is 9.62 Å². The third kappa shape index (κ3) is 9.10. The largest absolute Gasteiger partial charge is 0.352 e. The first kappa shape index (κ1) is 34.0. The number of anilines is 1. The zero-order valence-electron chi connectivity index (χ0n) is 25.5. The van der Waals surface area contributed by atoms with Gasteiger partial charge >= 0.3 is 0 Å². The lowest BCUT2D eigenvalue weighted by molar-refractivity contribution is -0.140. The number of rotatable bonds is 13. The molecule has 0 saturated carbocycles. The monoisotopic (exact) mass is 665 g/mol. The lowest BCUT2D eigenvalue weighted by Crippen LogP contribution is -2.54. The average Bonchev–Trinajstić information content (AvgIpc) is 3.02. The molecule has 0 heterocycles. The van der Waals surface area contributed by atoms with Crippen LogP contribution in [-0.4, -0.2) is 43.8 Å². The van der Waals surface area contributed by atoms with Crippen LogP contribution in [0.3, 0.4) is 0 Å². The van der Waals surface area contributed by atoms with Gasteiger partial charge in [0.1, 0.15) is 12.6 Å². The van der Waals surface area contributed by atoms with Crippen molar-refractivity contribution in [2.24, 2.45) is 0 Å². The molecule has 0 radical (unpaired) electrons. The second-order valence-electron chi connectivity index (χ2n) is 11.0. The fourth-order valence-corrected chi connectivity index (χ4v) is 6.74. The molecule has 4 rings (SSSR count). The molecule has 2 amide bonds. The van der Waals surface area contributed by atoms with Gasteiger partial charge in [-0.2, -0.15) is 0 Å². The maximum Gasteiger partial charge on any atom is 0.264 e. The molecule has 0 aliphatic rings. The highest BCUT2D eigenvalue weighted by Crippen LogP contribution is 2.30. The summed E-state index contributed by atoms with van der Waals surface area (Å²) in [6, 6.07) is 28.4. The van der Waals surface area contributed by atoms with E-state index in [4.69, 9.17) is 23.2 Å². The zero-order valence-corrected chi connectivity index (χ0v) is 27.8. The van der Waals surface area contributed by atoms with Crippen LogP contribution in [0.15, 0.2) is 108 Å². The van der Waals surface area contributed by atoms with Crippen molar-refractivity contribution in [1.29, 1.82) is 0 Å². The first-order valence-electron chi connectivity index (χ1n) is 14.7. The standard InChI is InChI=1S/C35H37Cl2N3O4S/c1-4-26(3)38-35(42)33(19-27-11-7-5-8-12-27)39(23-28-13-9-6-10-14-28)34(41)24-40(31-21-29(36)20-30(37)22-31)45(43,44)32-17-15-25(2)16-18-32/h5-18,20-22,26,33H,4,19,23-24H2,1-3H3,(H,38,42)/t26-,33+/m0/s1. The van der Waals surface area contributed by atoms with Crippen LogP contribution in [0.5, 0.6) is 0 Å². The van der Waals surface area contributed by atoms with E-state index in [1.54, 1.807) is 12.1 Å². The summed E-state index contributed by atoms with van der Waals surface area (Å²) in [6.45, 7) is 5.21. The fourth-order valence-electron chi connectivity index (χ4n) is 4.82. The Labute approximate surface area is 275 Å². The number of carbonyl (C=O) groups is 2. The molecule has 0 bridgehead atoms. The number of amides is 2. The second kappa shape index (κ2) is 15.4. The van der Waals surface area contributed by atoms with Crippen LogP contribution in [0.25, 0.3) is 0 Å². The van der Waals surface area contributed by atoms with Crippen molar-refractivity contribution in [2.45, 2.75) is 57.1 Å². The number of aryl methyl sites for hydroxylation is 1. The van der Waals surface area contributed by atoms with E-state index < -0.39 is 28.5 Å². The minimum Gasteiger partial charge on any atom is -0.352 e. The van der Waals surface area contributed by atoms with E-state index in [0.29, 0.717) is 6.42 Å². The Morgan fingerprint density at radius 2 is 1.38 bits per heavy atom. The zero-order chi connectivity index (χ0) is 32.6. The van der Waals surface area contributed by atoms with Crippen molar-refractivity contribution in [3.05, 3.63) is 130 Å². The Balaban J connectivity index is 1.82. The number of carbonyl (C=O) groups excluding carboxylic acids is 2. The lowest BCUT2D eigenvalue weighted by atomic mass is 10.0. The molecule has 4 aromatic carbocycles. The summed E-state index contributed by atoms with van der Waals surface area (Å²) >= 11 is 12.6. The molecule has 0 saturated heterocycles. The second-order valence-corrected chi connectivity index (χ2v) is 13.7. The number of sulfonamides is 1. The molecule has 1 N–H and O–H groups in total. The van der Waals surface area contributed by atoms with E-state index in [9.17, 15) is 18.0 Å². The van der Waals surface area contributed by atoms with Gasteiger partial charge in [0, 0.05) is 29.1 Å². The molecule has 0 aliphatic carbocycles. The molecule has 10 heteroatoms. The molecule has 2 atom stereocenters. The van der Waals surface area contributed by atoms with Crippen LogP contribution in [-0.2, 0) is 32.6 Å². The van der Waals surface area contributed by atoms with Crippen molar-refractivity contribution in [2.75, 3.05) is 10.8 Å². The van der Waals surface area contributed by atoms with Crippen molar-refractivity contribution in [1.82, 2.24) is 10.2 Å². The average molecular weight is 667 g/mol. The molecule has 0 unspecified atom stereocenters. The normalized spacial score (nSPS) is 12.6. The van der Waals surface area contributed by atoms with E-state index >= 15 is 0 Å². The molecule has 4 aromatic rings. The summed E-state index contributed by atoms with van der Waals surface area (Å²) in [6.07, 6.45) is 0.934. The number of halogens is 2. The van der Waals surface area contributed by atoms with E-state index in [-0.39, 0.29) is 45.5 Å². The van der Waals surface area contributed by atoms with E-state index in [2.05, 4.69) is 5.32 Å². The van der Waals surface area contributed by atoms with Gasteiger partial charge < -0.3 is 10.2 Å². The predicted octanol–water partition coefficient (Wildman–Crippen LogP) is 7.05. The molecular formula is C35H37Cl2N3O4S. The molecule has 7 nitrogen and oxygen atoms in total. The summed E-state index contributed by atoms with van der Waals surface area (Å²) < 4.78 is 29.3. The highest BCUT2D eigenvalue weighted by Gasteiger charge is 2.35. The van der Waals surface area contributed by atoms with Crippen LogP contribution in [0.4, 0.5) is 5.69 Å². The maximum atomic E-state index is 14.5. The number of hydrogen-bond donors (Lipinski definition) is 1. The Kier molecular flexibility index (Phi) is 11.7. The summed E-state index contributed by atoms with van der Waals surface area (Å²) in [4.78, 5) is 29.8. The van der Waals surface area contributed by atoms with Gasteiger partial charge in [-0.3, -0.25) is 13.9 Å². The summed E-state index contributed by atoms with van der Waals surface area (Å²) in [5.41, 5.74) is 2.66. The fraction of sp³-hybridized carbons (Fsp3) is 0.257. The quantitative estimate of drug-likeness (QED) is 0.166. The first-order valence-corrected chi connectivity index (χ1v) is 16.9. The highest BCUT2D eigenvalue weighted by molar-refractivity contribution is 7.92. The molecule has 236 valence electrons. The number of benzene rings is 4. The van der Waals surface area contributed by atoms with Crippen molar-refractivity contribution < 1.29 is 18.0 Å². The highest BCUT2D eigenvalue weighted by atomic mass is 35.5. The molecule has 45 heavy (non-hydrogen) atoms. The Morgan fingerprint density at radius 1 is 0.822 bits per heavy atom. The van der Waals surface area contributed by atoms with Crippen molar-refractivity contribution in [3.8, 4) is 0 Å². The molecule has 0 fully saturated rings. The third-order valence-electron chi connectivity index (χ3n) is 7.49. The molecular weight excluding hydrogens is 629 g/mol. The summed E-state index contributed by atoms with van der Waals surface area (Å²) in [5, 5.41) is 3.46. The van der Waals surface area contributed by atoms with E-state index in [1.807, 2.05) is 81.4 Å². The summed E-state index contributed by atoms with van der Waals surface area (Å²) in [5.74, 6) is -0.887. The molecule has 0 aromatic heterocycles. The van der Waals surface area contributed by atoms with Gasteiger partial charge in [0.2, 0.25) is 11.8 Å². The number of nitrogens with one attached hydrogen (secondary N) is 1. The van der Waals surface area contributed by atoms with E-state index in [1.165, 1.54) is 35.2 Å². The smallest absolute Gasteiger partial charge is 0.264 e. The lowest BCUT2D eigenvalue weighted by Gasteiger charge is -2.34. The Hall–Kier alpha value is -3.85. The minimum atomic E-state index is -4.27. The molecule has 0 aliphatic heterocycles. The molecule has 0 spiro atoms. The Morgan fingerprint density at radius 3 is 1.93 bits per heavy atom. The van der Waals surface area contributed by atoms with Gasteiger partial charge in [-0.1, -0.05) is 108 Å². The SMILES string of the molecule is CC[C@H](C)NC(=O)[C@@H](Cc1ccccc1)N(Cc1ccccc1)C(=O)CN(c1cc(Cl)cc(Cl)c1)S(=O)(=O)c1ccc(C)cc1. The number of hydrogen-bond acceptors (Lipinski definition) is 4. The van der Waals surface area contributed by atoms with Crippen molar-refractivity contribution >= 4 is 50.7 Å². The van der Waals surface area contributed by atoms with E-state index in [0.717, 1.165) is 21.0 Å². The Bertz CT molecular complexity index is 1680. The minimum absolute atomic E-state index is 0.00181.